The van der Waals surface area contributed by atoms with Crippen LogP contribution >= 0.6 is 0 Å². The monoisotopic (exact) mass is 472 g/mol. The van der Waals surface area contributed by atoms with Gasteiger partial charge >= 0.3 is 5.97 Å². The van der Waals surface area contributed by atoms with Crippen LogP contribution in [-0.4, -0.2) is 33.5 Å². The van der Waals surface area contributed by atoms with Gasteiger partial charge in [0.15, 0.2) is 0 Å². The second-order valence-electron chi connectivity index (χ2n) is 14.6. The highest BCUT2D eigenvalue weighted by atomic mass is 16.4. The molecule has 4 nitrogen and oxygen atoms in total. The van der Waals surface area contributed by atoms with Crippen molar-refractivity contribution in [2.75, 3.05) is 0 Å². The van der Waals surface area contributed by atoms with Gasteiger partial charge in [0.05, 0.1) is 17.6 Å². The van der Waals surface area contributed by atoms with Crippen molar-refractivity contribution >= 4 is 5.97 Å². The molecule has 4 fully saturated rings. The summed E-state index contributed by atoms with van der Waals surface area (Å²) in [5.41, 5.74) is 0.693. The van der Waals surface area contributed by atoms with E-state index >= 15 is 0 Å². The number of carbonyl (C=O) groups is 1. The molecule has 0 heterocycles. The lowest BCUT2D eigenvalue weighted by Gasteiger charge is -2.73. The summed E-state index contributed by atoms with van der Waals surface area (Å²) in [6.07, 6.45) is 8.48. The van der Waals surface area contributed by atoms with Gasteiger partial charge in [0.2, 0.25) is 0 Å². The van der Waals surface area contributed by atoms with Crippen LogP contribution < -0.4 is 0 Å². The van der Waals surface area contributed by atoms with E-state index < -0.39 is 23.6 Å². The van der Waals surface area contributed by atoms with E-state index in [-0.39, 0.29) is 27.6 Å². The molecular formula is C30H48O4. The fourth-order valence-electron chi connectivity index (χ4n) is 11.4. The standard InChI is InChI=1S/C30H48O4/c1-17-10-13-30(25(33)34)15-14-28(6)19(23(30)18(17)2)8-9-22-27(5)16-20(31)24(32)26(3,4)21(27)11-12-29(22,28)7/h10,18-24,31-32H,8-9,11-16H2,1-7H3,(H,33,34)/t18-,19-,20-,21+,22-,23-,24+,27+,28-,29-,30+/m1/s1. The van der Waals surface area contributed by atoms with Crippen LogP contribution in [0.4, 0.5) is 0 Å². The van der Waals surface area contributed by atoms with Gasteiger partial charge in [-0.1, -0.05) is 53.2 Å². The van der Waals surface area contributed by atoms with Gasteiger partial charge in [-0.15, -0.1) is 0 Å². The van der Waals surface area contributed by atoms with Crippen LogP contribution in [0, 0.1) is 56.7 Å². The number of allylic oxidation sites excluding steroid dienone is 2. The first-order valence-electron chi connectivity index (χ1n) is 13.9. The molecule has 0 unspecified atom stereocenters. The Kier molecular flexibility index (Phi) is 5.36. The van der Waals surface area contributed by atoms with Gasteiger partial charge in [0.25, 0.3) is 0 Å². The summed E-state index contributed by atoms with van der Waals surface area (Å²) in [5, 5.41) is 32.4. The Morgan fingerprint density at radius 1 is 0.941 bits per heavy atom. The Morgan fingerprint density at radius 2 is 1.62 bits per heavy atom. The molecule has 0 spiro atoms. The van der Waals surface area contributed by atoms with E-state index in [4.69, 9.17) is 0 Å². The summed E-state index contributed by atoms with van der Waals surface area (Å²) in [6, 6.07) is 0. The molecule has 0 aromatic rings. The van der Waals surface area contributed by atoms with Crippen molar-refractivity contribution in [3.8, 4) is 0 Å². The number of fused-ring (bicyclic) bond motifs is 7. The molecule has 4 saturated carbocycles. The van der Waals surface area contributed by atoms with Crippen molar-refractivity contribution in [1.82, 2.24) is 0 Å². The van der Waals surface area contributed by atoms with Crippen LogP contribution in [0.25, 0.3) is 0 Å². The second-order valence-corrected chi connectivity index (χ2v) is 14.6. The first-order chi connectivity index (χ1) is 15.7. The molecule has 0 bridgehead atoms. The summed E-state index contributed by atoms with van der Waals surface area (Å²) >= 11 is 0. The quantitative estimate of drug-likeness (QED) is 0.405. The number of aliphatic hydroxyl groups is 2. The predicted molar refractivity (Wildman–Crippen MR) is 134 cm³/mol. The zero-order chi connectivity index (χ0) is 25.1. The Labute approximate surface area is 206 Å². The zero-order valence-electron chi connectivity index (χ0n) is 22.5. The highest BCUT2D eigenvalue weighted by Crippen LogP contribution is 2.76. The van der Waals surface area contributed by atoms with E-state index in [1.54, 1.807) is 0 Å². The number of carboxylic acid groups (broad SMARTS) is 1. The van der Waals surface area contributed by atoms with Gasteiger partial charge < -0.3 is 15.3 Å². The van der Waals surface area contributed by atoms with Gasteiger partial charge in [-0.3, -0.25) is 4.79 Å². The van der Waals surface area contributed by atoms with Gasteiger partial charge in [-0.05, 0) is 110 Å². The SMILES string of the molecule is CC1=CC[C@]2(C(=O)O)CC[C@]3(C)[C@H](CC[C@@H]4[C@@]5(C)C[C@@H](O)[C@H](O)C(C)(C)[C@@H]5CC[C@]43C)[C@H]2[C@@H]1C. The molecule has 5 aliphatic rings. The molecule has 5 rings (SSSR count). The van der Waals surface area contributed by atoms with Crippen LogP contribution in [0.5, 0.6) is 0 Å². The summed E-state index contributed by atoms with van der Waals surface area (Å²) in [6.45, 7) is 16.3. The molecule has 5 aliphatic carbocycles. The molecule has 3 N–H and O–H groups in total. The smallest absolute Gasteiger partial charge is 0.310 e. The Morgan fingerprint density at radius 3 is 2.26 bits per heavy atom. The molecule has 11 atom stereocenters. The average molecular weight is 473 g/mol. The Balaban J connectivity index is 1.58. The normalized spacial score (nSPS) is 56.3. The van der Waals surface area contributed by atoms with E-state index in [9.17, 15) is 20.1 Å². The van der Waals surface area contributed by atoms with Crippen LogP contribution in [-0.2, 0) is 4.79 Å². The van der Waals surface area contributed by atoms with Gasteiger partial charge in [-0.25, -0.2) is 0 Å². The van der Waals surface area contributed by atoms with Gasteiger partial charge in [-0.2, -0.15) is 0 Å². The van der Waals surface area contributed by atoms with E-state index in [1.165, 1.54) is 5.57 Å². The highest BCUT2D eigenvalue weighted by Gasteiger charge is 2.71. The number of aliphatic hydroxyl groups excluding tert-OH is 2. The molecule has 34 heavy (non-hydrogen) atoms. The first kappa shape index (κ1) is 24.8. The fourth-order valence-corrected chi connectivity index (χ4v) is 11.4. The predicted octanol–water partition coefficient (Wildman–Crippen LogP) is 6.06. The van der Waals surface area contributed by atoms with Crippen LogP contribution in [0.2, 0.25) is 0 Å². The molecule has 0 radical (unpaired) electrons. The number of aliphatic carboxylic acids is 1. The van der Waals surface area contributed by atoms with Crippen molar-refractivity contribution < 1.29 is 20.1 Å². The van der Waals surface area contributed by atoms with Crippen LogP contribution in [0.15, 0.2) is 11.6 Å². The largest absolute Gasteiger partial charge is 0.481 e. The third-order valence-corrected chi connectivity index (χ3v) is 13.5. The maximum Gasteiger partial charge on any atom is 0.310 e. The lowest BCUT2D eigenvalue weighted by molar-refractivity contribution is -0.266. The molecular weight excluding hydrogens is 424 g/mol. The third-order valence-electron chi connectivity index (χ3n) is 13.5. The second kappa shape index (κ2) is 7.34. The summed E-state index contributed by atoms with van der Waals surface area (Å²) in [5.74, 6) is 1.25. The van der Waals surface area contributed by atoms with Gasteiger partial charge in [0, 0.05) is 0 Å². The Hall–Kier alpha value is -0.870. The number of hydrogen-bond acceptors (Lipinski definition) is 3. The van der Waals surface area contributed by atoms with E-state index in [0.29, 0.717) is 36.5 Å². The maximum absolute atomic E-state index is 12.8. The van der Waals surface area contributed by atoms with Crippen molar-refractivity contribution in [2.24, 2.45) is 56.7 Å². The van der Waals surface area contributed by atoms with Crippen LogP contribution in [0.1, 0.15) is 99.8 Å². The minimum absolute atomic E-state index is 0.00153. The molecule has 0 saturated heterocycles. The minimum Gasteiger partial charge on any atom is -0.481 e. The first-order valence-corrected chi connectivity index (χ1v) is 13.9. The summed E-state index contributed by atoms with van der Waals surface area (Å²) < 4.78 is 0. The number of rotatable bonds is 1. The fraction of sp³-hybridized carbons (Fsp3) is 0.900. The van der Waals surface area contributed by atoms with Crippen molar-refractivity contribution in [3.05, 3.63) is 11.6 Å². The average Bonchev–Trinajstić information content (AvgIpc) is 2.75. The maximum atomic E-state index is 12.8. The molecule has 4 heteroatoms. The number of carboxylic acids is 1. The van der Waals surface area contributed by atoms with E-state index in [0.717, 1.165) is 38.5 Å². The van der Waals surface area contributed by atoms with E-state index in [2.05, 4.69) is 54.5 Å². The highest BCUT2D eigenvalue weighted by molar-refractivity contribution is 5.76. The Bertz CT molecular complexity index is 907. The van der Waals surface area contributed by atoms with E-state index in [1.807, 2.05) is 0 Å². The molecule has 0 amide bonds. The minimum atomic E-state index is -0.665. The van der Waals surface area contributed by atoms with Gasteiger partial charge in [0.1, 0.15) is 0 Å². The topological polar surface area (TPSA) is 77.8 Å². The molecule has 0 aromatic heterocycles. The summed E-state index contributed by atoms with van der Waals surface area (Å²) in [7, 11) is 0. The zero-order valence-corrected chi connectivity index (χ0v) is 22.5. The lowest BCUT2D eigenvalue weighted by atomic mass is 9.31. The number of hydrogen-bond donors (Lipinski definition) is 3. The molecule has 0 aromatic carbocycles. The summed E-state index contributed by atoms with van der Waals surface area (Å²) in [4.78, 5) is 12.8. The third kappa shape index (κ3) is 2.76. The van der Waals surface area contributed by atoms with Crippen molar-refractivity contribution in [3.63, 3.8) is 0 Å². The van der Waals surface area contributed by atoms with Crippen molar-refractivity contribution in [1.29, 1.82) is 0 Å². The molecule has 0 aliphatic heterocycles. The lowest BCUT2D eigenvalue weighted by Crippen LogP contribution is -2.69. The van der Waals surface area contributed by atoms with Crippen LogP contribution in [0.3, 0.4) is 0 Å². The van der Waals surface area contributed by atoms with Crippen molar-refractivity contribution in [2.45, 2.75) is 112 Å². The molecule has 192 valence electrons.